The van der Waals surface area contributed by atoms with Crippen LogP contribution >= 0.6 is 0 Å². The summed E-state index contributed by atoms with van der Waals surface area (Å²) < 4.78 is 2.00. The number of rotatable bonds is 1. The highest BCUT2D eigenvalue weighted by Gasteiger charge is 2.23. The number of nitrogens with zero attached hydrogens (tertiary/aromatic N) is 3. The zero-order valence-corrected chi connectivity index (χ0v) is 13.3. The Hall–Kier alpha value is -2.16. The number of aryl methyl sites for hydroxylation is 1. The van der Waals surface area contributed by atoms with Gasteiger partial charge in [-0.05, 0) is 19.4 Å². The molecule has 0 radical (unpaired) electrons. The number of hydrogen-bond donors (Lipinski definition) is 0. The minimum absolute atomic E-state index is 0.0238. The lowest BCUT2D eigenvalue weighted by atomic mass is 9.88. The van der Waals surface area contributed by atoms with Crippen molar-refractivity contribution in [1.29, 1.82) is 0 Å². The largest absolute Gasteiger partial charge is 0.234 e. The Labute approximate surface area is 125 Å². The van der Waals surface area contributed by atoms with Crippen LogP contribution in [0.4, 0.5) is 0 Å². The van der Waals surface area contributed by atoms with Gasteiger partial charge in [-0.2, -0.15) is 5.10 Å². The second-order valence-electron chi connectivity index (χ2n) is 6.59. The van der Waals surface area contributed by atoms with Gasteiger partial charge >= 0.3 is 0 Å². The minimum atomic E-state index is 0.0238. The van der Waals surface area contributed by atoms with Crippen LogP contribution in [0.3, 0.4) is 0 Å². The smallest absolute Gasteiger partial charge is 0.156 e. The molecule has 0 spiro atoms. The van der Waals surface area contributed by atoms with E-state index in [-0.39, 0.29) is 5.41 Å². The van der Waals surface area contributed by atoms with E-state index in [2.05, 4.69) is 52.8 Å². The Morgan fingerprint density at radius 2 is 1.67 bits per heavy atom. The SMILES string of the molecule is Cc1nc2cc(-c3ccccc3)nn2c(C(C)(C)C)c1C. The molecule has 21 heavy (non-hydrogen) atoms. The second kappa shape index (κ2) is 4.69. The molecule has 2 heterocycles. The Kier molecular flexibility index (Phi) is 3.08. The van der Waals surface area contributed by atoms with E-state index in [4.69, 9.17) is 10.1 Å². The molecule has 3 rings (SSSR count). The van der Waals surface area contributed by atoms with Gasteiger partial charge in [0, 0.05) is 22.7 Å². The van der Waals surface area contributed by atoms with Crippen LogP contribution in [0.2, 0.25) is 0 Å². The fraction of sp³-hybridized carbons (Fsp3) is 0.333. The lowest BCUT2D eigenvalue weighted by Gasteiger charge is -2.23. The second-order valence-corrected chi connectivity index (χ2v) is 6.59. The molecule has 3 nitrogen and oxygen atoms in total. The fourth-order valence-corrected chi connectivity index (χ4v) is 2.83. The average Bonchev–Trinajstić information content (AvgIpc) is 2.82. The maximum Gasteiger partial charge on any atom is 0.156 e. The van der Waals surface area contributed by atoms with E-state index in [1.807, 2.05) is 22.7 Å². The highest BCUT2D eigenvalue weighted by atomic mass is 15.3. The van der Waals surface area contributed by atoms with E-state index < -0.39 is 0 Å². The molecule has 2 aromatic heterocycles. The first-order valence-electron chi connectivity index (χ1n) is 7.31. The molecule has 0 saturated heterocycles. The molecule has 0 unspecified atom stereocenters. The molecular weight excluding hydrogens is 258 g/mol. The van der Waals surface area contributed by atoms with Gasteiger partial charge in [-0.25, -0.2) is 9.50 Å². The van der Waals surface area contributed by atoms with Gasteiger partial charge in [0.05, 0.1) is 11.4 Å². The highest BCUT2D eigenvalue weighted by molar-refractivity contribution is 5.64. The zero-order valence-electron chi connectivity index (χ0n) is 13.3. The van der Waals surface area contributed by atoms with Crippen LogP contribution in [0.25, 0.3) is 16.9 Å². The molecule has 0 N–H and O–H groups in total. The number of hydrogen-bond acceptors (Lipinski definition) is 2. The first-order valence-corrected chi connectivity index (χ1v) is 7.31. The predicted molar refractivity (Wildman–Crippen MR) is 86.6 cm³/mol. The van der Waals surface area contributed by atoms with Gasteiger partial charge in [-0.15, -0.1) is 0 Å². The Morgan fingerprint density at radius 1 is 1.00 bits per heavy atom. The summed E-state index contributed by atoms with van der Waals surface area (Å²) in [4.78, 5) is 4.70. The average molecular weight is 279 g/mol. The third kappa shape index (κ3) is 2.33. The van der Waals surface area contributed by atoms with Crippen molar-refractivity contribution in [2.75, 3.05) is 0 Å². The molecule has 0 saturated carbocycles. The first-order chi connectivity index (χ1) is 9.88. The van der Waals surface area contributed by atoms with E-state index in [1.165, 1.54) is 11.3 Å². The number of benzene rings is 1. The van der Waals surface area contributed by atoms with E-state index in [0.717, 1.165) is 22.6 Å². The van der Waals surface area contributed by atoms with Gasteiger partial charge in [0.25, 0.3) is 0 Å². The van der Waals surface area contributed by atoms with Crippen LogP contribution in [-0.4, -0.2) is 14.6 Å². The van der Waals surface area contributed by atoms with Crippen molar-refractivity contribution in [2.45, 2.75) is 40.0 Å². The predicted octanol–water partition coefficient (Wildman–Crippen LogP) is 4.31. The molecule has 1 aromatic carbocycles. The standard InChI is InChI=1S/C18H21N3/c1-12-13(2)19-16-11-15(14-9-7-6-8-10-14)20-21(16)17(12)18(3,4)5/h6-11H,1-5H3. The van der Waals surface area contributed by atoms with Crippen molar-refractivity contribution in [3.8, 4) is 11.3 Å². The van der Waals surface area contributed by atoms with Gasteiger partial charge in [0.2, 0.25) is 0 Å². The molecule has 108 valence electrons. The summed E-state index contributed by atoms with van der Waals surface area (Å²) in [5.74, 6) is 0. The van der Waals surface area contributed by atoms with Gasteiger partial charge in [-0.3, -0.25) is 0 Å². The van der Waals surface area contributed by atoms with E-state index in [9.17, 15) is 0 Å². The van der Waals surface area contributed by atoms with Crippen molar-refractivity contribution in [2.24, 2.45) is 0 Å². The topological polar surface area (TPSA) is 30.2 Å². The quantitative estimate of drug-likeness (QED) is 0.664. The third-order valence-electron chi connectivity index (χ3n) is 3.86. The molecular formula is C18H21N3. The maximum absolute atomic E-state index is 4.81. The molecule has 3 aromatic rings. The number of fused-ring (bicyclic) bond motifs is 1. The van der Waals surface area contributed by atoms with E-state index in [0.29, 0.717) is 0 Å². The van der Waals surface area contributed by atoms with Crippen molar-refractivity contribution < 1.29 is 0 Å². The molecule has 0 aliphatic heterocycles. The van der Waals surface area contributed by atoms with E-state index in [1.54, 1.807) is 0 Å². The molecule has 3 heteroatoms. The monoisotopic (exact) mass is 279 g/mol. The number of aromatic nitrogens is 3. The normalized spacial score (nSPS) is 12.0. The highest BCUT2D eigenvalue weighted by Crippen LogP contribution is 2.29. The van der Waals surface area contributed by atoms with Gasteiger partial charge < -0.3 is 0 Å². The molecule has 0 bridgehead atoms. The van der Waals surface area contributed by atoms with Crippen LogP contribution in [0.1, 0.15) is 37.7 Å². The lowest BCUT2D eigenvalue weighted by molar-refractivity contribution is 0.540. The summed E-state index contributed by atoms with van der Waals surface area (Å²) in [6.07, 6.45) is 0. The van der Waals surface area contributed by atoms with Crippen molar-refractivity contribution in [1.82, 2.24) is 14.6 Å². The fourth-order valence-electron chi connectivity index (χ4n) is 2.83. The summed E-state index contributed by atoms with van der Waals surface area (Å²) >= 11 is 0. The summed E-state index contributed by atoms with van der Waals surface area (Å²) in [5.41, 5.74) is 6.56. The van der Waals surface area contributed by atoms with E-state index >= 15 is 0 Å². The van der Waals surface area contributed by atoms with Crippen LogP contribution in [0.15, 0.2) is 36.4 Å². The molecule has 0 atom stereocenters. The van der Waals surface area contributed by atoms with Gasteiger partial charge in [0.1, 0.15) is 0 Å². The Morgan fingerprint density at radius 3 is 2.29 bits per heavy atom. The minimum Gasteiger partial charge on any atom is -0.234 e. The first kappa shape index (κ1) is 13.8. The molecule has 0 aliphatic carbocycles. The summed E-state index contributed by atoms with van der Waals surface area (Å²) in [6, 6.07) is 12.3. The zero-order chi connectivity index (χ0) is 15.2. The van der Waals surface area contributed by atoms with Crippen molar-refractivity contribution in [3.05, 3.63) is 53.3 Å². The lowest BCUT2D eigenvalue weighted by Crippen LogP contribution is -2.20. The van der Waals surface area contributed by atoms with Crippen LogP contribution in [-0.2, 0) is 5.41 Å². The third-order valence-corrected chi connectivity index (χ3v) is 3.86. The summed E-state index contributed by atoms with van der Waals surface area (Å²) in [6.45, 7) is 10.9. The Balaban J connectivity index is 2.32. The van der Waals surface area contributed by atoms with Crippen LogP contribution in [0, 0.1) is 13.8 Å². The van der Waals surface area contributed by atoms with Gasteiger partial charge in [-0.1, -0.05) is 51.1 Å². The van der Waals surface area contributed by atoms with Crippen LogP contribution in [0.5, 0.6) is 0 Å². The van der Waals surface area contributed by atoms with Crippen molar-refractivity contribution in [3.63, 3.8) is 0 Å². The van der Waals surface area contributed by atoms with Crippen molar-refractivity contribution >= 4 is 5.65 Å². The summed E-state index contributed by atoms with van der Waals surface area (Å²) in [5, 5.41) is 4.81. The van der Waals surface area contributed by atoms with Gasteiger partial charge in [0.15, 0.2) is 5.65 Å². The Bertz CT molecular complexity index is 793. The van der Waals surface area contributed by atoms with Crippen LogP contribution < -0.4 is 0 Å². The maximum atomic E-state index is 4.81. The molecule has 0 amide bonds. The summed E-state index contributed by atoms with van der Waals surface area (Å²) in [7, 11) is 0. The molecule has 0 fully saturated rings. The molecule has 0 aliphatic rings.